The fourth-order valence-electron chi connectivity index (χ4n) is 3.88. The Bertz CT molecular complexity index is 773. The molecule has 1 aliphatic rings. The molecule has 0 unspecified atom stereocenters. The van der Waals surface area contributed by atoms with Crippen LogP contribution in [0.25, 0.3) is 11.1 Å². The highest BCUT2D eigenvalue weighted by Gasteiger charge is 2.41. The van der Waals surface area contributed by atoms with E-state index in [0.717, 1.165) is 45.1 Å². The Hall–Kier alpha value is -2.01. The molecule has 1 aromatic heterocycles. The average molecular weight is 330 g/mol. The summed E-state index contributed by atoms with van der Waals surface area (Å²) >= 11 is 0. The lowest BCUT2D eigenvalue weighted by Gasteiger charge is -2.43. The number of ether oxygens (including phenoxy) is 1. The van der Waals surface area contributed by atoms with E-state index in [1.807, 2.05) is 34.6 Å². The van der Waals surface area contributed by atoms with Crippen LogP contribution in [0.2, 0.25) is 0 Å². The number of aromatic nitrogens is 1. The number of methoxy groups -OCH3 is 1. The van der Waals surface area contributed by atoms with Crippen molar-refractivity contribution >= 4 is 5.69 Å². The van der Waals surface area contributed by atoms with Crippen molar-refractivity contribution in [1.82, 2.24) is 5.16 Å². The van der Waals surface area contributed by atoms with Crippen molar-refractivity contribution in [3.63, 3.8) is 0 Å². The zero-order chi connectivity index (χ0) is 17.8. The first-order chi connectivity index (χ1) is 11.2. The second-order valence-electron chi connectivity index (χ2n) is 7.34. The van der Waals surface area contributed by atoms with Crippen LogP contribution in [0.5, 0.6) is 5.75 Å². The van der Waals surface area contributed by atoms with Crippen LogP contribution in [0.3, 0.4) is 0 Å². The van der Waals surface area contributed by atoms with E-state index < -0.39 is 11.6 Å². The molecule has 2 aromatic rings. The van der Waals surface area contributed by atoms with Crippen molar-refractivity contribution in [2.45, 2.75) is 59.1 Å². The highest BCUT2D eigenvalue weighted by atomic mass is 16.5. The van der Waals surface area contributed by atoms with Crippen LogP contribution in [-0.2, 0) is 0 Å². The van der Waals surface area contributed by atoms with E-state index in [9.17, 15) is 5.11 Å². The van der Waals surface area contributed by atoms with Crippen molar-refractivity contribution in [1.29, 1.82) is 0 Å². The normalized spacial score (nSPS) is 22.0. The van der Waals surface area contributed by atoms with Gasteiger partial charge in [-0.15, -0.1) is 0 Å². The van der Waals surface area contributed by atoms with E-state index in [2.05, 4.69) is 23.5 Å². The Morgan fingerprint density at radius 1 is 1.29 bits per heavy atom. The Labute approximate surface area is 143 Å². The summed E-state index contributed by atoms with van der Waals surface area (Å²) in [6.07, 6.45) is -0.516. The minimum absolute atomic E-state index is 0.0506. The van der Waals surface area contributed by atoms with Crippen LogP contribution in [0.15, 0.2) is 10.6 Å². The van der Waals surface area contributed by atoms with Crippen molar-refractivity contribution in [2.75, 3.05) is 12.4 Å². The molecule has 5 heteroatoms. The summed E-state index contributed by atoms with van der Waals surface area (Å²) in [5, 5.41) is 18.3. The van der Waals surface area contributed by atoms with Gasteiger partial charge in [-0.25, -0.2) is 0 Å². The van der Waals surface area contributed by atoms with Gasteiger partial charge in [0.25, 0.3) is 0 Å². The number of nitrogens with one attached hydrogen (secondary N) is 1. The van der Waals surface area contributed by atoms with Gasteiger partial charge >= 0.3 is 0 Å². The molecular formula is C19H26N2O3. The van der Waals surface area contributed by atoms with E-state index in [-0.39, 0.29) is 5.92 Å². The molecule has 2 heterocycles. The van der Waals surface area contributed by atoms with E-state index in [1.165, 1.54) is 0 Å². The first kappa shape index (κ1) is 16.8. The van der Waals surface area contributed by atoms with Gasteiger partial charge in [0.15, 0.2) is 0 Å². The molecule has 0 spiro atoms. The molecule has 24 heavy (non-hydrogen) atoms. The smallest absolute Gasteiger partial charge is 0.141 e. The van der Waals surface area contributed by atoms with E-state index in [0.29, 0.717) is 0 Å². The van der Waals surface area contributed by atoms with Crippen LogP contribution in [0.4, 0.5) is 5.69 Å². The number of aliphatic hydroxyl groups excluding tert-OH is 1. The maximum Gasteiger partial charge on any atom is 0.141 e. The molecule has 1 aliphatic heterocycles. The molecule has 2 N–H and O–H groups in total. The van der Waals surface area contributed by atoms with Gasteiger partial charge < -0.3 is 19.7 Å². The lowest BCUT2D eigenvalue weighted by molar-refractivity contribution is 0.0858. The third-order valence-corrected chi connectivity index (χ3v) is 5.14. The molecule has 130 valence electrons. The third-order valence-electron chi connectivity index (χ3n) is 5.14. The van der Waals surface area contributed by atoms with Crippen LogP contribution >= 0.6 is 0 Å². The molecule has 0 radical (unpaired) electrons. The van der Waals surface area contributed by atoms with Gasteiger partial charge in [0.2, 0.25) is 0 Å². The summed E-state index contributed by atoms with van der Waals surface area (Å²) in [6.45, 7) is 12.0. The van der Waals surface area contributed by atoms with E-state index in [4.69, 9.17) is 9.26 Å². The molecule has 2 atom stereocenters. The average Bonchev–Trinajstić information content (AvgIpc) is 2.84. The zero-order valence-corrected chi connectivity index (χ0v) is 15.4. The molecule has 0 amide bonds. The van der Waals surface area contributed by atoms with Crippen LogP contribution in [-0.4, -0.2) is 29.0 Å². The summed E-state index contributed by atoms with van der Waals surface area (Å²) in [6, 6.07) is 2.11. The minimum atomic E-state index is -0.516. The Balaban J connectivity index is 2.32. The van der Waals surface area contributed by atoms with Gasteiger partial charge in [-0.1, -0.05) is 12.1 Å². The topological polar surface area (TPSA) is 67.5 Å². The lowest BCUT2D eigenvalue weighted by Crippen LogP contribution is -2.50. The van der Waals surface area contributed by atoms with Crippen molar-refractivity contribution in [3.05, 3.63) is 28.6 Å². The second kappa shape index (κ2) is 5.52. The Morgan fingerprint density at radius 3 is 2.50 bits per heavy atom. The quantitative estimate of drug-likeness (QED) is 0.873. The summed E-state index contributed by atoms with van der Waals surface area (Å²) in [7, 11) is 1.67. The maximum atomic E-state index is 10.7. The minimum Gasteiger partial charge on any atom is -0.496 e. The Kier molecular flexibility index (Phi) is 3.87. The summed E-state index contributed by atoms with van der Waals surface area (Å²) in [5.74, 6) is 1.49. The third kappa shape index (κ3) is 2.30. The number of anilines is 1. The Morgan fingerprint density at radius 2 is 1.96 bits per heavy atom. The van der Waals surface area contributed by atoms with Gasteiger partial charge in [0, 0.05) is 22.7 Å². The van der Waals surface area contributed by atoms with Gasteiger partial charge in [-0.05, 0) is 46.2 Å². The lowest BCUT2D eigenvalue weighted by atomic mass is 9.76. The van der Waals surface area contributed by atoms with Crippen molar-refractivity contribution < 1.29 is 14.4 Å². The van der Waals surface area contributed by atoms with Gasteiger partial charge in [-0.3, -0.25) is 0 Å². The van der Waals surface area contributed by atoms with Crippen LogP contribution < -0.4 is 10.1 Å². The molecule has 0 aliphatic carbocycles. The number of aryl methyl sites for hydroxylation is 3. The molecule has 0 bridgehead atoms. The standard InChI is InChI=1S/C19H26N2O3/c1-9-8-13(15-11(3)21-24-12(15)4)17(23-7)14-10(2)18(22)19(5,6)20-16(9)14/h8,10,18,20,22H,1-7H3/t10-,18+/m0/s1. The second-order valence-corrected chi connectivity index (χ2v) is 7.34. The number of hydrogen-bond donors (Lipinski definition) is 2. The molecular weight excluding hydrogens is 304 g/mol. The van der Waals surface area contributed by atoms with E-state index >= 15 is 0 Å². The molecule has 0 saturated heterocycles. The van der Waals surface area contributed by atoms with Crippen molar-refractivity contribution in [3.8, 4) is 16.9 Å². The summed E-state index contributed by atoms with van der Waals surface area (Å²) < 4.78 is 11.1. The molecule has 0 saturated carbocycles. The van der Waals surface area contributed by atoms with Gasteiger partial charge in [0.1, 0.15) is 11.5 Å². The molecule has 1 aromatic carbocycles. The highest BCUT2D eigenvalue weighted by Crippen LogP contribution is 2.50. The number of nitrogens with zero attached hydrogens (tertiary/aromatic N) is 1. The fraction of sp³-hybridized carbons (Fsp3) is 0.526. The SMILES string of the molecule is COc1c(-c2c(C)noc2C)cc(C)c2c1[C@H](C)[C@@H](O)C(C)(C)N2. The van der Waals surface area contributed by atoms with Crippen LogP contribution in [0, 0.1) is 20.8 Å². The number of aliphatic hydroxyl groups is 1. The fourth-order valence-corrected chi connectivity index (χ4v) is 3.88. The molecule has 3 rings (SSSR count). The van der Waals surface area contributed by atoms with Gasteiger partial charge in [-0.2, -0.15) is 0 Å². The maximum absolute atomic E-state index is 10.7. The van der Waals surface area contributed by atoms with E-state index in [1.54, 1.807) is 7.11 Å². The predicted octanol–water partition coefficient (Wildman–Crippen LogP) is 3.94. The zero-order valence-electron chi connectivity index (χ0n) is 15.4. The summed E-state index contributed by atoms with van der Waals surface area (Å²) in [4.78, 5) is 0. The number of hydrogen-bond acceptors (Lipinski definition) is 5. The number of benzene rings is 1. The largest absolute Gasteiger partial charge is 0.496 e. The van der Waals surface area contributed by atoms with Crippen LogP contribution in [0.1, 0.15) is 49.3 Å². The first-order valence-electron chi connectivity index (χ1n) is 8.30. The molecule has 5 nitrogen and oxygen atoms in total. The monoisotopic (exact) mass is 330 g/mol. The van der Waals surface area contributed by atoms with Gasteiger partial charge in [0.05, 0.1) is 30.0 Å². The number of fused-ring (bicyclic) bond motifs is 1. The first-order valence-corrected chi connectivity index (χ1v) is 8.30. The summed E-state index contributed by atoms with van der Waals surface area (Å²) in [5.41, 5.74) is 5.54. The predicted molar refractivity (Wildman–Crippen MR) is 94.8 cm³/mol. The highest BCUT2D eigenvalue weighted by molar-refractivity contribution is 5.82. The molecule has 0 fully saturated rings. The number of rotatable bonds is 2. The van der Waals surface area contributed by atoms with Crippen molar-refractivity contribution in [2.24, 2.45) is 0 Å².